The minimum Gasteiger partial charge on any atom is -0.467 e. The Labute approximate surface area is 166 Å². The van der Waals surface area contributed by atoms with E-state index in [0.717, 1.165) is 5.39 Å². The van der Waals surface area contributed by atoms with Gasteiger partial charge in [0, 0.05) is 23.9 Å². The third-order valence-electron chi connectivity index (χ3n) is 5.08. The van der Waals surface area contributed by atoms with E-state index >= 15 is 0 Å². The molecular weight excluding hydrogens is 374 g/mol. The molecule has 0 saturated carbocycles. The first-order valence-corrected chi connectivity index (χ1v) is 9.18. The van der Waals surface area contributed by atoms with Gasteiger partial charge in [0.2, 0.25) is 0 Å². The van der Waals surface area contributed by atoms with Crippen molar-refractivity contribution in [2.75, 3.05) is 13.7 Å². The first-order chi connectivity index (χ1) is 14.0. The predicted octanol–water partition coefficient (Wildman–Crippen LogP) is 2.21. The molecule has 1 amide bonds. The molecule has 0 radical (unpaired) electrons. The van der Waals surface area contributed by atoms with Gasteiger partial charge in [-0.05, 0) is 29.8 Å². The molecule has 0 spiro atoms. The largest absolute Gasteiger partial charge is 0.467 e. The Kier molecular flexibility index (Phi) is 4.90. The van der Waals surface area contributed by atoms with Crippen LogP contribution >= 0.6 is 0 Å². The monoisotopic (exact) mass is 393 g/mol. The van der Waals surface area contributed by atoms with Crippen molar-refractivity contribution in [2.45, 2.75) is 18.6 Å². The summed E-state index contributed by atoms with van der Waals surface area (Å²) in [5, 5.41) is 10.7. The number of β-amino-alcohol motifs (C(OH)–C–C–N with tert-alkyl or cyclic N) is 1. The topological polar surface area (TPSA) is 97.1 Å². The molecule has 7 nitrogen and oxygen atoms in total. The number of nitrogens with zero attached hydrogens (tertiary/aromatic N) is 1. The number of esters is 1. The van der Waals surface area contributed by atoms with Crippen molar-refractivity contribution in [1.82, 2.24) is 4.90 Å². The second-order valence-corrected chi connectivity index (χ2v) is 6.95. The maximum Gasteiger partial charge on any atom is 0.344 e. The number of methoxy groups -OCH3 is 1. The van der Waals surface area contributed by atoms with Crippen LogP contribution in [0, 0.1) is 0 Å². The Hall–Kier alpha value is -3.45. The Bertz CT molecular complexity index is 1150. The van der Waals surface area contributed by atoms with E-state index < -0.39 is 29.6 Å². The van der Waals surface area contributed by atoms with Gasteiger partial charge in [0.05, 0.1) is 18.8 Å². The number of amides is 1. The zero-order chi connectivity index (χ0) is 20.5. The molecule has 7 heteroatoms. The summed E-state index contributed by atoms with van der Waals surface area (Å²) >= 11 is 0. The fourth-order valence-electron chi connectivity index (χ4n) is 3.65. The van der Waals surface area contributed by atoms with E-state index in [0.29, 0.717) is 22.3 Å². The van der Waals surface area contributed by atoms with Gasteiger partial charge in [0.25, 0.3) is 5.91 Å². The number of carbonyl (C=O) groups is 2. The summed E-state index contributed by atoms with van der Waals surface area (Å²) in [6, 6.07) is 14.6. The number of fused-ring (bicyclic) bond motifs is 1. The molecule has 29 heavy (non-hydrogen) atoms. The van der Waals surface area contributed by atoms with E-state index in [1.54, 1.807) is 42.5 Å². The van der Waals surface area contributed by atoms with Gasteiger partial charge >= 0.3 is 11.6 Å². The van der Waals surface area contributed by atoms with Gasteiger partial charge in [-0.2, -0.15) is 0 Å². The quantitative estimate of drug-likeness (QED) is 0.541. The van der Waals surface area contributed by atoms with E-state index in [4.69, 9.17) is 9.15 Å². The molecule has 1 aliphatic rings. The van der Waals surface area contributed by atoms with Crippen LogP contribution in [0.15, 0.2) is 63.8 Å². The molecule has 2 atom stereocenters. The molecule has 2 heterocycles. The van der Waals surface area contributed by atoms with Crippen LogP contribution < -0.4 is 5.63 Å². The average Bonchev–Trinajstić information content (AvgIpc) is 3.13. The summed E-state index contributed by atoms with van der Waals surface area (Å²) in [5.74, 6) is -0.981. The van der Waals surface area contributed by atoms with Crippen LogP contribution in [0.5, 0.6) is 0 Å². The lowest BCUT2D eigenvalue weighted by atomic mass is 10.0. The highest BCUT2D eigenvalue weighted by molar-refractivity contribution is 5.98. The van der Waals surface area contributed by atoms with Crippen molar-refractivity contribution in [2.24, 2.45) is 0 Å². The number of aliphatic hydroxyl groups is 1. The van der Waals surface area contributed by atoms with Gasteiger partial charge in [-0.25, -0.2) is 9.59 Å². The molecule has 1 aliphatic heterocycles. The molecule has 1 aromatic heterocycles. The van der Waals surface area contributed by atoms with Gasteiger partial charge in [0.1, 0.15) is 11.6 Å². The number of carbonyl (C=O) groups excluding carboxylic acids is 2. The molecule has 0 unspecified atom stereocenters. The van der Waals surface area contributed by atoms with Crippen molar-refractivity contribution in [1.29, 1.82) is 0 Å². The standard InChI is InChI=1S/C22H19NO6/c1-28-22(27)18-11-16(24)12-23(18)20(25)15-7-4-6-13(9-15)17-10-14-5-2-3-8-19(14)29-21(17)26/h2-10,16,18,24H,11-12H2,1H3/t16-,18+/m1/s1. The lowest BCUT2D eigenvalue weighted by molar-refractivity contribution is -0.145. The number of likely N-dealkylation sites (tertiary alicyclic amines) is 1. The summed E-state index contributed by atoms with van der Waals surface area (Å²) < 4.78 is 10.1. The lowest BCUT2D eigenvalue weighted by Gasteiger charge is -2.22. The number of benzene rings is 2. The molecule has 148 valence electrons. The number of para-hydroxylation sites is 1. The smallest absolute Gasteiger partial charge is 0.344 e. The molecule has 1 N–H and O–H groups in total. The molecule has 0 aliphatic carbocycles. The van der Waals surface area contributed by atoms with Crippen molar-refractivity contribution >= 4 is 22.8 Å². The van der Waals surface area contributed by atoms with Crippen LogP contribution in [0.3, 0.4) is 0 Å². The molecule has 3 aromatic rings. The number of hydrogen-bond acceptors (Lipinski definition) is 6. The van der Waals surface area contributed by atoms with Crippen LogP contribution in [0.2, 0.25) is 0 Å². The van der Waals surface area contributed by atoms with Gasteiger partial charge in [-0.15, -0.1) is 0 Å². The van der Waals surface area contributed by atoms with Crippen molar-refractivity contribution in [3.8, 4) is 11.1 Å². The fraction of sp³-hybridized carbons (Fsp3) is 0.227. The fourth-order valence-corrected chi connectivity index (χ4v) is 3.65. The van der Waals surface area contributed by atoms with Gasteiger partial charge in [-0.1, -0.05) is 30.3 Å². The van der Waals surface area contributed by atoms with Gasteiger partial charge < -0.3 is 19.2 Å². The summed E-state index contributed by atoms with van der Waals surface area (Å²) in [6.45, 7) is 0.0426. The van der Waals surface area contributed by atoms with Crippen molar-refractivity contribution < 1.29 is 23.8 Å². The first-order valence-electron chi connectivity index (χ1n) is 9.18. The van der Waals surface area contributed by atoms with E-state index in [2.05, 4.69) is 0 Å². The van der Waals surface area contributed by atoms with Gasteiger partial charge in [-0.3, -0.25) is 4.79 Å². The third kappa shape index (κ3) is 3.52. The van der Waals surface area contributed by atoms with Crippen molar-refractivity contribution in [3.63, 3.8) is 0 Å². The number of ether oxygens (including phenoxy) is 1. The SMILES string of the molecule is COC(=O)[C@@H]1C[C@@H](O)CN1C(=O)c1cccc(-c2cc3ccccc3oc2=O)c1. The number of hydrogen-bond donors (Lipinski definition) is 1. The van der Waals surface area contributed by atoms with Crippen LogP contribution in [-0.2, 0) is 9.53 Å². The molecule has 4 rings (SSSR count). The maximum atomic E-state index is 13.0. The molecule has 1 fully saturated rings. The highest BCUT2D eigenvalue weighted by Crippen LogP contribution is 2.25. The Morgan fingerprint density at radius 2 is 1.93 bits per heavy atom. The molecule has 2 aromatic carbocycles. The summed E-state index contributed by atoms with van der Waals surface area (Å²) in [5.41, 5.74) is 1.16. The van der Waals surface area contributed by atoms with Gasteiger partial charge in [0.15, 0.2) is 0 Å². The van der Waals surface area contributed by atoms with Crippen LogP contribution in [0.25, 0.3) is 22.1 Å². The molecule has 0 bridgehead atoms. The highest BCUT2D eigenvalue weighted by atomic mass is 16.5. The Morgan fingerprint density at radius 3 is 2.72 bits per heavy atom. The third-order valence-corrected chi connectivity index (χ3v) is 5.08. The van der Waals surface area contributed by atoms with E-state index in [-0.39, 0.29) is 13.0 Å². The van der Waals surface area contributed by atoms with E-state index in [1.807, 2.05) is 12.1 Å². The zero-order valence-corrected chi connectivity index (χ0v) is 15.7. The van der Waals surface area contributed by atoms with E-state index in [1.165, 1.54) is 12.0 Å². The summed E-state index contributed by atoms with van der Waals surface area (Å²) in [7, 11) is 1.25. The maximum absolute atomic E-state index is 13.0. The Morgan fingerprint density at radius 1 is 1.14 bits per heavy atom. The number of rotatable bonds is 3. The molecular formula is C22H19NO6. The highest BCUT2D eigenvalue weighted by Gasteiger charge is 2.40. The van der Waals surface area contributed by atoms with Crippen LogP contribution in [0.1, 0.15) is 16.8 Å². The minimum atomic E-state index is -0.836. The predicted molar refractivity (Wildman–Crippen MR) is 105 cm³/mol. The summed E-state index contributed by atoms with van der Waals surface area (Å²) in [6.07, 6.45) is -0.661. The van der Waals surface area contributed by atoms with Crippen LogP contribution in [0.4, 0.5) is 0 Å². The first kappa shape index (κ1) is 18.9. The second kappa shape index (κ2) is 7.52. The second-order valence-electron chi connectivity index (χ2n) is 6.95. The summed E-state index contributed by atoms with van der Waals surface area (Å²) in [4.78, 5) is 38.7. The number of aliphatic hydroxyl groups excluding tert-OH is 1. The lowest BCUT2D eigenvalue weighted by Crippen LogP contribution is -2.41. The van der Waals surface area contributed by atoms with Crippen molar-refractivity contribution in [3.05, 3.63) is 70.6 Å². The minimum absolute atomic E-state index is 0.0426. The Balaban J connectivity index is 1.71. The van der Waals surface area contributed by atoms with E-state index in [9.17, 15) is 19.5 Å². The zero-order valence-electron chi connectivity index (χ0n) is 15.7. The van der Waals surface area contributed by atoms with Crippen LogP contribution in [-0.4, -0.2) is 47.7 Å². The average molecular weight is 393 g/mol. The normalized spacial score (nSPS) is 18.8. The molecule has 1 saturated heterocycles.